The number of hydrogen-bond donors (Lipinski definition) is 1. The smallest absolute Gasteiger partial charge is 0.160 e. The van der Waals surface area contributed by atoms with E-state index >= 15 is 0 Å². The molecule has 276 valence electrons. The average Bonchev–Trinajstić information content (AvgIpc) is 3.78. The molecule has 4 nitrogen and oxygen atoms in total. The average molecular weight is 746 g/mol. The topological polar surface area (TPSA) is 49.9 Å². The van der Waals surface area contributed by atoms with Crippen LogP contribution in [0.2, 0.25) is 0 Å². The van der Waals surface area contributed by atoms with Gasteiger partial charge in [-0.3, -0.25) is 0 Å². The Morgan fingerprint density at radius 1 is 0.483 bits per heavy atom. The van der Waals surface area contributed by atoms with Crippen molar-refractivity contribution >= 4 is 33.6 Å². The van der Waals surface area contributed by atoms with Crippen molar-refractivity contribution in [1.82, 2.24) is 5.32 Å². The minimum absolute atomic E-state index is 0.0812. The second-order valence-corrected chi connectivity index (χ2v) is 15.8. The number of aliphatic imine (C=N–C) groups is 2. The predicted molar refractivity (Wildman–Crippen MR) is 239 cm³/mol. The Morgan fingerprint density at radius 2 is 1.10 bits per heavy atom. The summed E-state index contributed by atoms with van der Waals surface area (Å²) in [5, 5.41) is 5.78. The minimum atomic E-state index is -0.383. The molecule has 11 rings (SSSR count). The summed E-state index contributed by atoms with van der Waals surface area (Å²) in [7, 11) is 0. The van der Waals surface area contributed by atoms with Gasteiger partial charge in [-0.2, -0.15) is 0 Å². The first-order valence-electron chi connectivity index (χ1n) is 19.9. The summed E-state index contributed by atoms with van der Waals surface area (Å²) in [4.78, 5) is 10.7. The van der Waals surface area contributed by atoms with Crippen LogP contribution in [0.1, 0.15) is 47.8 Å². The van der Waals surface area contributed by atoms with Crippen LogP contribution in [-0.2, 0) is 5.41 Å². The van der Waals surface area contributed by atoms with E-state index in [1.165, 1.54) is 27.8 Å². The summed E-state index contributed by atoms with van der Waals surface area (Å²) < 4.78 is 6.59. The summed E-state index contributed by atoms with van der Waals surface area (Å²) >= 11 is 0. The van der Waals surface area contributed by atoms with Crippen LogP contribution in [0.25, 0.3) is 66.4 Å². The summed E-state index contributed by atoms with van der Waals surface area (Å²) in [5.74, 6) is 1.42. The monoisotopic (exact) mass is 745 g/mol. The number of fused-ring (bicyclic) bond motifs is 6. The molecule has 4 heteroatoms. The molecule has 1 atom stereocenters. The third-order valence-electron chi connectivity index (χ3n) is 11.9. The van der Waals surface area contributed by atoms with Gasteiger partial charge in [0.2, 0.25) is 0 Å². The van der Waals surface area contributed by atoms with E-state index < -0.39 is 0 Å². The maximum Gasteiger partial charge on any atom is 0.160 e. The van der Waals surface area contributed by atoms with E-state index in [0.29, 0.717) is 5.84 Å². The van der Waals surface area contributed by atoms with Gasteiger partial charge in [-0.15, -0.1) is 0 Å². The minimum Gasteiger partial charge on any atom is -0.456 e. The first-order valence-corrected chi connectivity index (χ1v) is 19.9. The third kappa shape index (κ3) is 5.60. The largest absolute Gasteiger partial charge is 0.456 e. The van der Waals surface area contributed by atoms with Crippen molar-refractivity contribution in [2.24, 2.45) is 9.98 Å². The lowest BCUT2D eigenvalue weighted by Gasteiger charge is -2.24. The molecule has 1 aliphatic heterocycles. The predicted octanol–water partition coefficient (Wildman–Crippen LogP) is 13.4. The van der Waals surface area contributed by atoms with Crippen LogP contribution in [0.4, 0.5) is 0 Å². The van der Waals surface area contributed by atoms with E-state index in [9.17, 15) is 0 Å². The number of amidine groups is 2. The molecule has 9 aromatic rings. The van der Waals surface area contributed by atoms with Gasteiger partial charge in [-0.1, -0.05) is 172 Å². The molecule has 1 aliphatic carbocycles. The van der Waals surface area contributed by atoms with Gasteiger partial charge in [0.25, 0.3) is 0 Å². The molecule has 8 aromatic carbocycles. The lowest BCUT2D eigenvalue weighted by atomic mass is 9.82. The summed E-state index contributed by atoms with van der Waals surface area (Å²) in [5.41, 5.74) is 16.8. The fourth-order valence-corrected chi connectivity index (χ4v) is 9.06. The van der Waals surface area contributed by atoms with Crippen molar-refractivity contribution < 1.29 is 4.42 Å². The zero-order valence-electron chi connectivity index (χ0n) is 32.3. The van der Waals surface area contributed by atoms with Gasteiger partial charge in [0.1, 0.15) is 23.2 Å². The third-order valence-corrected chi connectivity index (χ3v) is 11.9. The van der Waals surface area contributed by atoms with Crippen molar-refractivity contribution in [1.29, 1.82) is 0 Å². The molecule has 0 fully saturated rings. The molecule has 0 radical (unpaired) electrons. The van der Waals surface area contributed by atoms with Crippen LogP contribution in [0, 0.1) is 0 Å². The molecule has 2 aliphatic rings. The van der Waals surface area contributed by atoms with Crippen LogP contribution < -0.4 is 5.32 Å². The molecule has 1 aromatic heterocycles. The molecule has 0 spiro atoms. The molecule has 0 saturated heterocycles. The normalized spacial score (nSPS) is 15.4. The van der Waals surface area contributed by atoms with Crippen LogP contribution >= 0.6 is 0 Å². The molecule has 1 unspecified atom stereocenters. The van der Waals surface area contributed by atoms with Crippen molar-refractivity contribution in [3.05, 3.63) is 216 Å². The van der Waals surface area contributed by atoms with Crippen molar-refractivity contribution in [2.45, 2.75) is 25.4 Å². The Balaban J connectivity index is 1.08. The SMILES string of the molecule is CC1(C)c2ccccc2-c2c(-c3ccc4oc5cccc(C6=NC(c7cccc(-c8ccccc8)c7)NC(c7cccc(-c8ccccc8)c7)=N6)c5c4c3)cccc21. The lowest BCUT2D eigenvalue weighted by molar-refractivity contribution is 0.660. The van der Waals surface area contributed by atoms with E-state index in [-0.39, 0.29) is 11.6 Å². The van der Waals surface area contributed by atoms with Crippen molar-refractivity contribution in [3.8, 4) is 44.5 Å². The van der Waals surface area contributed by atoms with E-state index in [4.69, 9.17) is 14.4 Å². The molecule has 58 heavy (non-hydrogen) atoms. The van der Waals surface area contributed by atoms with Gasteiger partial charge in [0.05, 0.1) is 0 Å². The maximum atomic E-state index is 6.59. The fraction of sp³-hybridized carbons (Fsp3) is 0.0741. The van der Waals surface area contributed by atoms with Gasteiger partial charge in [-0.25, -0.2) is 9.98 Å². The second kappa shape index (κ2) is 13.4. The Labute approximate surface area is 337 Å². The first kappa shape index (κ1) is 34.0. The number of nitrogens with one attached hydrogen (secondary N) is 1. The quantitative estimate of drug-likeness (QED) is 0.184. The molecule has 2 heterocycles. The van der Waals surface area contributed by atoms with Gasteiger partial charge >= 0.3 is 0 Å². The van der Waals surface area contributed by atoms with Crippen molar-refractivity contribution in [2.75, 3.05) is 0 Å². The number of nitrogens with zero attached hydrogens (tertiary/aromatic N) is 2. The lowest BCUT2D eigenvalue weighted by Crippen LogP contribution is -2.33. The van der Waals surface area contributed by atoms with Gasteiger partial charge in [0.15, 0.2) is 5.84 Å². The highest BCUT2D eigenvalue weighted by molar-refractivity contribution is 6.22. The molecule has 0 bridgehead atoms. The van der Waals surface area contributed by atoms with Crippen LogP contribution in [0.3, 0.4) is 0 Å². The van der Waals surface area contributed by atoms with Gasteiger partial charge < -0.3 is 9.73 Å². The van der Waals surface area contributed by atoms with E-state index in [0.717, 1.165) is 72.3 Å². The van der Waals surface area contributed by atoms with Crippen LogP contribution in [0.5, 0.6) is 0 Å². The molecular formula is C54H39N3O. The highest BCUT2D eigenvalue weighted by Crippen LogP contribution is 2.52. The Morgan fingerprint density at radius 3 is 1.91 bits per heavy atom. The van der Waals surface area contributed by atoms with Crippen molar-refractivity contribution in [3.63, 3.8) is 0 Å². The number of hydrogen-bond acceptors (Lipinski definition) is 4. The summed E-state index contributed by atoms with van der Waals surface area (Å²) in [6.07, 6.45) is -0.383. The van der Waals surface area contributed by atoms with E-state index in [2.05, 4.69) is 183 Å². The Bertz CT molecular complexity index is 3120. The second-order valence-electron chi connectivity index (χ2n) is 15.8. The highest BCUT2D eigenvalue weighted by atomic mass is 16.3. The zero-order chi connectivity index (χ0) is 38.8. The number of rotatable bonds is 6. The van der Waals surface area contributed by atoms with Crippen LogP contribution in [-0.4, -0.2) is 11.7 Å². The van der Waals surface area contributed by atoms with Gasteiger partial charge in [-0.05, 0) is 91.5 Å². The number of furan rings is 1. The van der Waals surface area contributed by atoms with E-state index in [1.54, 1.807) is 0 Å². The Hall–Kier alpha value is -7.30. The molecular weight excluding hydrogens is 707 g/mol. The highest BCUT2D eigenvalue weighted by Gasteiger charge is 2.36. The molecule has 1 N–H and O–H groups in total. The van der Waals surface area contributed by atoms with E-state index in [1.807, 2.05) is 24.3 Å². The van der Waals surface area contributed by atoms with Gasteiger partial charge in [0, 0.05) is 27.3 Å². The zero-order valence-corrected chi connectivity index (χ0v) is 32.3. The fourth-order valence-electron chi connectivity index (χ4n) is 9.06. The molecule has 0 amide bonds. The van der Waals surface area contributed by atoms with Crippen LogP contribution in [0.15, 0.2) is 202 Å². The maximum absolute atomic E-state index is 6.59. The first-order chi connectivity index (χ1) is 28.5. The number of benzene rings is 8. The summed E-state index contributed by atoms with van der Waals surface area (Å²) in [6.45, 7) is 4.66. The Kier molecular flexibility index (Phi) is 7.87. The standard InChI is InChI=1S/C54H39N3O/c1-54(2)45-26-10-9-23-42(45)49-41(24-13-27-46(49)54)38-29-30-47-44(33-38)50-43(25-14-28-48(50)58-47)53-56-51(39-21-11-19-36(31-39)34-15-5-3-6-16-34)55-52(57-53)40-22-12-20-37(32-40)35-17-7-4-8-18-35/h3-33,51H,1-2H3,(H,55,56,57). The molecule has 0 saturated carbocycles. The summed E-state index contributed by atoms with van der Waals surface area (Å²) in [6, 6.07) is 66.6.